The minimum Gasteiger partial charge on any atom is -0.354 e. The normalized spacial score (nSPS) is 17.6. The van der Waals surface area contributed by atoms with Gasteiger partial charge in [-0.05, 0) is 30.7 Å². The van der Waals surface area contributed by atoms with Gasteiger partial charge in [0, 0.05) is 36.2 Å². The highest BCUT2D eigenvalue weighted by molar-refractivity contribution is 5.98. The number of H-pyrrole nitrogens is 1. The molecule has 116 valence electrons. The Morgan fingerprint density at radius 1 is 1.22 bits per heavy atom. The number of benzene rings is 1. The summed E-state index contributed by atoms with van der Waals surface area (Å²) in [5.74, 6) is 0.920. The molecule has 0 bridgehead atoms. The Hall–Kier alpha value is -2.82. The Bertz CT molecular complexity index is 794. The van der Waals surface area contributed by atoms with Crippen molar-refractivity contribution >= 4 is 22.6 Å². The van der Waals surface area contributed by atoms with E-state index >= 15 is 0 Å². The summed E-state index contributed by atoms with van der Waals surface area (Å²) in [6.07, 6.45) is 2.73. The van der Waals surface area contributed by atoms with E-state index in [0.717, 1.165) is 36.2 Å². The fraction of sp³-hybridized carbons (Fsp3) is 0.222. The lowest BCUT2D eigenvalue weighted by atomic mass is 10.2. The molecule has 0 spiro atoms. The van der Waals surface area contributed by atoms with E-state index < -0.39 is 0 Å². The number of aromatic amines is 1. The van der Waals surface area contributed by atoms with Gasteiger partial charge in [-0.3, -0.25) is 4.79 Å². The Morgan fingerprint density at radius 2 is 2.09 bits per heavy atom. The minimum absolute atomic E-state index is 0.0472. The maximum Gasteiger partial charge on any atom is 0.268 e. The summed E-state index contributed by atoms with van der Waals surface area (Å²) in [5, 5.41) is 4.17. The highest BCUT2D eigenvalue weighted by atomic mass is 16.2. The van der Waals surface area contributed by atoms with Gasteiger partial charge < -0.3 is 15.2 Å². The summed E-state index contributed by atoms with van der Waals surface area (Å²) in [5.41, 5.74) is 1.60. The third kappa shape index (κ3) is 2.77. The molecule has 5 heteroatoms. The van der Waals surface area contributed by atoms with E-state index in [4.69, 9.17) is 0 Å². The van der Waals surface area contributed by atoms with Gasteiger partial charge in [0.05, 0.1) is 0 Å². The number of aromatic nitrogens is 2. The molecule has 23 heavy (non-hydrogen) atoms. The summed E-state index contributed by atoms with van der Waals surface area (Å²) in [7, 11) is 0. The van der Waals surface area contributed by atoms with E-state index in [1.165, 1.54) is 0 Å². The summed E-state index contributed by atoms with van der Waals surface area (Å²) >= 11 is 0. The van der Waals surface area contributed by atoms with E-state index in [1.807, 2.05) is 48.5 Å². The van der Waals surface area contributed by atoms with E-state index in [-0.39, 0.29) is 11.9 Å². The second-order valence-corrected chi connectivity index (χ2v) is 5.86. The van der Waals surface area contributed by atoms with Gasteiger partial charge in [-0.1, -0.05) is 24.3 Å². The second-order valence-electron chi connectivity index (χ2n) is 5.86. The van der Waals surface area contributed by atoms with Crippen molar-refractivity contribution in [2.24, 2.45) is 0 Å². The molecule has 0 unspecified atom stereocenters. The predicted octanol–water partition coefficient (Wildman–Crippen LogP) is 2.57. The van der Waals surface area contributed by atoms with Crippen LogP contribution in [0.3, 0.4) is 0 Å². The molecule has 1 saturated heterocycles. The lowest BCUT2D eigenvalue weighted by molar-refractivity contribution is 0.0936. The van der Waals surface area contributed by atoms with Crippen LogP contribution in [0.15, 0.2) is 54.7 Å². The molecular formula is C18H18N4O. The summed E-state index contributed by atoms with van der Waals surface area (Å²) in [4.78, 5) is 22.2. The number of pyridine rings is 1. The number of anilines is 1. The zero-order valence-corrected chi connectivity index (χ0v) is 12.7. The lowest BCUT2D eigenvalue weighted by Crippen LogP contribution is -2.37. The Balaban J connectivity index is 1.43. The average Bonchev–Trinajstić information content (AvgIpc) is 3.22. The van der Waals surface area contributed by atoms with Gasteiger partial charge in [0.1, 0.15) is 11.5 Å². The SMILES string of the molecule is O=C(N[C@H]1CCN(c2ccccn2)C1)c1cc2ccccc2[nH]1. The molecule has 4 rings (SSSR count). The Kier molecular flexibility index (Phi) is 3.46. The smallest absolute Gasteiger partial charge is 0.268 e. The van der Waals surface area contributed by atoms with Crippen LogP contribution in [0.4, 0.5) is 5.82 Å². The topological polar surface area (TPSA) is 61.0 Å². The first-order valence-corrected chi connectivity index (χ1v) is 7.84. The number of fused-ring (bicyclic) bond motifs is 1. The zero-order chi connectivity index (χ0) is 15.6. The molecule has 5 nitrogen and oxygen atoms in total. The fourth-order valence-corrected chi connectivity index (χ4v) is 3.09. The number of nitrogens with one attached hydrogen (secondary N) is 2. The maximum absolute atomic E-state index is 12.4. The van der Waals surface area contributed by atoms with E-state index in [2.05, 4.69) is 20.2 Å². The molecule has 1 aliphatic rings. The highest BCUT2D eigenvalue weighted by Crippen LogP contribution is 2.18. The van der Waals surface area contributed by atoms with Crippen LogP contribution in [0, 0.1) is 0 Å². The van der Waals surface area contributed by atoms with Crippen molar-refractivity contribution in [2.75, 3.05) is 18.0 Å². The van der Waals surface area contributed by atoms with Gasteiger partial charge in [-0.25, -0.2) is 4.98 Å². The molecule has 2 N–H and O–H groups in total. The third-order valence-electron chi connectivity index (χ3n) is 4.27. The van der Waals surface area contributed by atoms with E-state index in [0.29, 0.717) is 5.69 Å². The number of rotatable bonds is 3. The van der Waals surface area contributed by atoms with E-state index in [9.17, 15) is 4.79 Å². The van der Waals surface area contributed by atoms with Crippen molar-refractivity contribution in [3.05, 3.63) is 60.4 Å². The highest BCUT2D eigenvalue weighted by Gasteiger charge is 2.25. The van der Waals surface area contributed by atoms with Crippen molar-refractivity contribution in [1.29, 1.82) is 0 Å². The van der Waals surface area contributed by atoms with Gasteiger partial charge in [0.2, 0.25) is 0 Å². The number of nitrogens with zero attached hydrogens (tertiary/aromatic N) is 2. The first-order valence-electron chi connectivity index (χ1n) is 7.84. The van der Waals surface area contributed by atoms with Gasteiger partial charge in [-0.2, -0.15) is 0 Å². The van der Waals surface area contributed by atoms with Gasteiger partial charge in [0.25, 0.3) is 5.91 Å². The number of para-hydroxylation sites is 1. The largest absolute Gasteiger partial charge is 0.354 e. The third-order valence-corrected chi connectivity index (χ3v) is 4.27. The number of hydrogen-bond acceptors (Lipinski definition) is 3. The fourth-order valence-electron chi connectivity index (χ4n) is 3.09. The molecule has 1 atom stereocenters. The van der Waals surface area contributed by atoms with Crippen LogP contribution in [0.5, 0.6) is 0 Å². The quantitative estimate of drug-likeness (QED) is 0.782. The van der Waals surface area contributed by atoms with Crippen molar-refractivity contribution < 1.29 is 4.79 Å². The van der Waals surface area contributed by atoms with Crippen LogP contribution in [-0.4, -0.2) is 35.0 Å². The number of carbonyl (C=O) groups is 1. The number of hydrogen-bond donors (Lipinski definition) is 2. The lowest BCUT2D eigenvalue weighted by Gasteiger charge is -2.17. The standard InChI is InChI=1S/C18H18N4O/c23-18(16-11-13-5-1-2-6-15(13)21-16)20-14-8-10-22(12-14)17-7-3-4-9-19-17/h1-7,9,11,14,21H,8,10,12H2,(H,20,23)/t14-/m0/s1. The molecular weight excluding hydrogens is 288 g/mol. The maximum atomic E-state index is 12.4. The molecule has 3 heterocycles. The van der Waals surface area contributed by atoms with Crippen LogP contribution in [-0.2, 0) is 0 Å². The predicted molar refractivity (Wildman–Crippen MR) is 90.6 cm³/mol. The molecule has 1 aliphatic heterocycles. The van der Waals surface area contributed by atoms with Gasteiger partial charge in [0.15, 0.2) is 0 Å². The molecule has 3 aromatic rings. The minimum atomic E-state index is -0.0472. The summed E-state index contributed by atoms with van der Waals surface area (Å²) in [6.45, 7) is 1.71. The van der Waals surface area contributed by atoms with Crippen molar-refractivity contribution in [3.8, 4) is 0 Å². The first kappa shape index (κ1) is 13.8. The van der Waals surface area contributed by atoms with Crippen LogP contribution < -0.4 is 10.2 Å². The summed E-state index contributed by atoms with van der Waals surface area (Å²) in [6, 6.07) is 15.9. The van der Waals surface area contributed by atoms with Crippen molar-refractivity contribution in [1.82, 2.24) is 15.3 Å². The van der Waals surface area contributed by atoms with Gasteiger partial charge in [-0.15, -0.1) is 0 Å². The van der Waals surface area contributed by atoms with Crippen LogP contribution >= 0.6 is 0 Å². The number of carbonyl (C=O) groups excluding carboxylic acids is 1. The monoisotopic (exact) mass is 306 g/mol. The second kappa shape index (κ2) is 5.76. The molecule has 1 fully saturated rings. The van der Waals surface area contributed by atoms with Crippen LogP contribution in [0.25, 0.3) is 10.9 Å². The van der Waals surface area contributed by atoms with Crippen molar-refractivity contribution in [3.63, 3.8) is 0 Å². The summed E-state index contributed by atoms with van der Waals surface area (Å²) < 4.78 is 0. The van der Waals surface area contributed by atoms with Crippen molar-refractivity contribution in [2.45, 2.75) is 12.5 Å². The Morgan fingerprint density at radius 3 is 2.91 bits per heavy atom. The molecule has 0 saturated carbocycles. The first-order chi connectivity index (χ1) is 11.3. The van der Waals surface area contributed by atoms with Gasteiger partial charge >= 0.3 is 0 Å². The number of amides is 1. The molecule has 0 radical (unpaired) electrons. The average molecular weight is 306 g/mol. The van der Waals surface area contributed by atoms with Crippen LogP contribution in [0.2, 0.25) is 0 Å². The molecule has 2 aromatic heterocycles. The molecule has 1 aromatic carbocycles. The zero-order valence-electron chi connectivity index (χ0n) is 12.7. The van der Waals surface area contributed by atoms with E-state index in [1.54, 1.807) is 6.20 Å². The molecule has 0 aliphatic carbocycles. The Labute approximate surface area is 134 Å². The van der Waals surface area contributed by atoms with Crippen LogP contribution in [0.1, 0.15) is 16.9 Å². The molecule has 1 amide bonds.